The molecule has 0 unspecified atom stereocenters. The summed E-state index contributed by atoms with van der Waals surface area (Å²) >= 11 is 0.492. The molecule has 0 aliphatic rings. The highest BCUT2D eigenvalue weighted by atomic mass is 32.1. The van der Waals surface area contributed by atoms with Crippen molar-refractivity contribution in [3.8, 4) is 6.07 Å². The van der Waals surface area contributed by atoms with E-state index in [0.717, 1.165) is 0 Å². The number of nitriles is 1. The molecule has 0 fully saturated rings. The van der Waals surface area contributed by atoms with Crippen molar-refractivity contribution in [2.24, 2.45) is 0 Å². The Morgan fingerprint density at radius 2 is 2.12 bits per heavy atom. The van der Waals surface area contributed by atoms with E-state index < -0.39 is 11.2 Å². The van der Waals surface area contributed by atoms with Gasteiger partial charge in [0.1, 0.15) is 0 Å². The summed E-state index contributed by atoms with van der Waals surface area (Å²) in [4.78, 5) is 1.59. The molecule has 0 spiro atoms. The van der Waals surface area contributed by atoms with Crippen molar-refractivity contribution in [2.75, 3.05) is 18.0 Å². The molecular formula is C8H9F3N4S. The minimum absolute atomic E-state index is 0.199. The lowest BCUT2D eigenvalue weighted by molar-refractivity contribution is -0.138. The summed E-state index contributed by atoms with van der Waals surface area (Å²) in [6, 6.07) is 1.93. The number of rotatable bonds is 4. The molecule has 0 radical (unpaired) electrons. The smallest absolute Gasteiger partial charge is 0.346 e. The Morgan fingerprint density at radius 3 is 2.56 bits per heavy atom. The standard InChI is InChI=1S/C8H9F3N4S/c1-2-15(5-3-4-12)7-14-13-6(16-7)8(9,10)11/h2-3,5H2,1H3. The third kappa shape index (κ3) is 3.06. The van der Waals surface area contributed by atoms with Gasteiger partial charge in [-0.1, -0.05) is 11.3 Å². The van der Waals surface area contributed by atoms with Crippen molar-refractivity contribution in [2.45, 2.75) is 19.5 Å². The lowest BCUT2D eigenvalue weighted by Crippen LogP contribution is -2.23. The van der Waals surface area contributed by atoms with E-state index >= 15 is 0 Å². The molecule has 1 aromatic heterocycles. The summed E-state index contributed by atoms with van der Waals surface area (Å²) in [5, 5.41) is 14.2. The second-order valence-corrected chi connectivity index (χ2v) is 3.83. The van der Waals surface area contributed by atoms with Crippen LogP contribution in [-0.2, 0) is 6.18 Å². The quantitative estimate of drug-likeness (QED) is 0.822. The molecule has 4 nitrogen and oxygen atoms in total. The highest BCUT2D eigenvalue weighted by molar-refractivity contribution is 7.15. The summed E-state index contributed by atoms with van der Waals surface area (Å²) < 4.78 is 36.8. The van der Waals surface area contributed by atoms with Gasteiger partial charge in [-0.25, -0.2) is 0 Å². The van der Waals surface area contributed by atoms with Crippen LogP contribution in [0.5, 0.6) is 0 Å². The Morgan fingerprint density at radius 1 is 1.44 bits per heavy atom. The Labute approximate surface area is 94.3 Å². The van der Waals surface area contributed by atoms with Crippen molar-refractivity contribution >= 4 is 16.5 Å². The van der Waals surface area contributed by atoms with E-state index in [4.69, 9.17) is 5.26 Å². The first-order valence-electron chi connectivity index (χ1n) is 4.51. The zero-order chi connectivity index (χ0) is 12.2. The third-order valence-corrected chi connectivity index (χ3v) is 2.83. The van der Waals surface area contributed by atoms with Crippen molar-refractivity contribution in [3.63, 3.8) is 0 Å². The van der Waals surface area contributed by atoms with Gasteiger partial charge in [0.25, 0.3) is 0 Å². The van der Waals surface area contributed by atoms with Crippen LogP contribution in [0.1, 0.15) is 18.4 Å². The highest BCUT2D eigenvalue weighted by Gasteiger charge is 2.36. The van der Waals surface area contributed by atoms with E-state index in [9.17, 15) is 13.2 Å². The van der Waals surface area contributed by atoms with Gasteiger partial charge < -0.3 is 4.90 Å². The molecular weight excluding hydrogens is 241 g/mol. The van der Waals surface area contributed by atoms with Gasteiger partial charge in [-0.3, -0.25) is 0 Å². The Bertz CT molecular complexity index is 381. The van der Waals surface area contributed by atoms with E-state index in [1.165, 1.54) is 0 Å². The largest absolute Gasteiger partial charge is 0.445 e. The fraction of sp³-hybridized carbons (Fsp3) is 0.625. The summed E-state index contributed by atoms with van der Waals surface area (Å²) in [7, 11) is 0. The monoisotopic (exact) mass is 250 g/mol. The number of aromatic nitrogens is 2. The molecule has 0 aromatic carbocycles. The summed E-state index contributed by atoms with van der Waals surface area (Å²) in [6.07, 6.45) is -4.21. The van der Waals surface area contributed by atoms with Crippen LogP contribution in [-0.4, -0.2) is 23.3 Å². The van der Waals surface area contributed by atoms with Crippen LogP contribution in [0, 0.1) is 11.3 Å². The van der Waals surface area contributed by atoms with Crippen molar-refractivity contribution < 1.29 is 13.2 Å². The van der Waals surface area contributed by atoms with Crippen LogP contribution in [0.15, 0.2) is 0 Å². The molecule has 0 aliphatic heterocycles. The molecule has 0 amide bonds. The molecule has 88 valence electrons. The lowest BCUT2D eigenvalue weighted by atomic mass is 10.4. The average Bonchev–Trinajstić information content (AvgIpc) is 2.68. The van der Waals surface area contributed by atoms with Gasteiger partial charge in [-0.05, 0) is 6.92 Å². The molecule has 1 rings (SSSR count). The van der Waals surface area contributed by atoms with Gasteiger partial charge in [0.05, 0.1) is 12.5 Å². The maximum atomic E-state index is 12.3. The fourth-order valence-electron chi connectivity index (χ4n) is 1.03. The van der Waals surface area contributed by atoms with Crippen molar-refractivity contribution in [1.82, 2.24) is 10.2 Å². The van der Waals surface area contributed by atoms with E-state index in [2.05, 4.69) is 10.2 Å². The molecule has 0 saturated heterocycles. The average molecular weight is 250 g/mol. The number of hydrogen-bond donors (Lipinski definition) is 0. The SMILES string of the molecule is CCN(CCC#N)c1nnc(C(F)(F)F)s1. The summed E-state index contributed by atoms with van der Waals surface area (Å²) in [5.74, 6) is 0. The summed E-state index contributed by atoms with van der Waals surface area (Å²) in [6.45, 7) is 2.64. The molecule has 8 heteroatoms. The van der Waals surface area contributed by atoms with Gasteiger partial charge in [0.15, 0.2) is 0 Å². The summed E-state index contributed by atoms with van der Waals surface area (Å²) in [5.41, 5.74) is 0. The third-order valence-electron chi connectivity index (χ3n) is 1.80. The van der Waals surface area contributed by atoms with E-state index in [0.29, 0.717) is 24.4 Å². The fourth-order valence-corrected chi connectivity index (χ4v) is 1.83. The van der Waals surface area contributed by atoms with Gasteiger partial charge >= 0.3 is 6.18 Å². The van der Waals surface area contributed by atoms with Crippen LogP contribution < -0.4 is 4.90 Å². The molecule has 1 aromatic rings. The first-order valence-corrected chi connectivity index (χ1v) is 5.33. The molecule has 0 N–H and O–H groups in total. The first kappa shape index (κ1) is 12.7. The van der Waals surface area contributed by atoms with E-state index in [-0.39, 0.29) is 11.6 Å². The zero-order valence-electron chi connectivity index (χ0n) is 8.45. The second-order valence-electron chi connectivity index (χ2n) is 2.88. The Kier molecular flexibility index (Phi) is 4.06. The molecule has 0 bridgehead atoms. The van der Waals surface area contributed by atoms with Gasteiger partial charge in [0, 0.05) is 13.1 Å². The van der Waals surface area contributed by atoms with Gasteiger partial charge in [-0.15, -0.1) is 10.2 Å². The molecule has 0 saturated carbocycles. The highest BCUT2D eigenvalue weighted by Crippen LogP contribution is 2.34. The predicted octanol–water partition coefficient (Wildman–Crippen LogP) is 2.30. The molecule has 0 aliphatic carbocycles. The number of halogens is 3. The lowest BCUT2D eigenvalue weighted by Gasteiger charge is -2.16. The van der Waals surface area contributed by atoms with E-state index in [1.54, 1.807) is 11.8 Å². The first-order chi connectivity index (χ1) is 7.49. The Hall–Kier alpha value is -1.36. The normalized spacial score (nSPS) is 11.2. The molecule has 0 atom stereocenters. The Balaban J connectivity index is 2.79. The maximum absolute atomic E-state index is 12.3. The van der Waals surface area contributed by atoms with Crippen LogP contribution in [0.4, 0.5) is 18.3 Å². The zero-order valence-corrected chi connectivity index (χ0v) is 9.27. The van der Waals surface area contributed by atoms with Gasteiger partial charge in [-0.2, -0.15) is 18.4 Å². The van der Waals surface area contributed by atoms with Crippen LogP contribution in [0.25, 0.3) is 0 Å². The minimum Gasteiger partial charge on any atom is -0.346 e. The van der Waals surface area contributed by atoms with Crippen LogP contribution in [0.2, 0.25) is 0 Å². The molecule has 1 heterocycles. The van der Waals surface area contributed by atoms with E-state index in [1.807, 2.05) is 6.07 Å². The van der Waals surface area contributed by atoms with Gasteiger partial charge in [0.2, 0.25) is 10.1 Å². The number of hydrogen-bond acceptors (Lipinski definition) is 5. The predicted molar refractivity (Wildman–Crippen MR) is 53.0 cm³/mol. The van der Waals surface area contributed by atoms with Crippen LogP contribution >= 0.6 is 11.3 Å². The molecule has 16 heavy (non-hydrogen) atoms. The van der Waals surface area contributed by atoms with Crippen LogP contribution in [0.3, 0.4) is 0 Å². The number of alkyl halides is 3. The number of nitrogens with zero attached hydrogens (tertiary/aromatic N) is 4. The second kappa shape index (κ2) is 5.12. The van der Waals surface area contributed by atoms with Crippen molar-refractivity contribution in [3.05, 3.63) is 5.01 Å². The van der Waals surface area contributed by atoms with Crippen molar-refractivity contribution in [1.29, 1.82) is 5.26 Å². The topological polar surface area (TPSA) is 52.8 Å². The minimum atomic E-state index is -4.45. The number of anilines is 1. The maximum Gasteiger partial charge on any atom is 0.445 e.